The van der Waals surface area contributed by atoms with E-state index < -0.39 is 17.9 Å². The van der Waals surface area contributed by atoms with E-state index in [1.54, 1.807) is 25.1 Å². The Morgan fingerprint density at radius 1 is 1.32 bits per heavy atom. The van der Waals surface area contributed by atoms with Crippen LogP contribution in [-0.4, -0.2) is 31.1 Å². The summed E-state index contributed by atoms with van der Waals surface area (Å²) in [6, 6.07) is 4.49. The fraction of sp³-hybridized carbons (Fsp3) is 0.214. The average Bonchev–Trinajstić information content (AvgIpc) is 2.76. The number of carbonyl (C=O) groups is 3. The monoisotopic (exact) mass is 368 g/mol. The molecule has 0 spiro atoms. The number of rotatable bonds is 5. The zero-order valence-corrected chi connectivity index (χ0v) is 13.2. The zero-order chi connectivity index (χ0) is 16.1. The van der Waals surface area contributed by atoms with E-state index in [2.05, 4.69) is 26.6 Å². The van der Waals surface area contributed by atoms with Crippen LogP contribution in [0.4, 0.5) is 4.79 Å². The van der Waals surface area contributed by atoms with Crippen molar-refractivity contribution in [3.05, 3.63) is 33.9 Å². The molecule has 1 aliphatic heterocycles. The lowest BCUT2D eigenvalue weighted by Crippen LogP contribution is -2.22. The highest BCUT2D eigenvalue weighted by Gasteiger charge is 2.23. The number of ether oxygens (including phenoxy) is 2. The molecule has 1 aliphatic rings. The average molecular weight is 369 g/mol. The molecule has 116 valence electrons. The highest BCUT2D eigenvalue weighted by Crippen LogP contribution is 2.25. The SMILES string of the molecule is CCOC(=O)COc1ccc(Br)cc1/C=C1\NC(=O)NC1=O. The van der Waals surface area contributed by atoms with E-state index in [0.717, 1.165) is 4.47 Å². The summed E-state index contributed by atoms with van der Waals surface area (Å²) in [4.78, 5) is 34.0. The van der Waals surface area contributed by atoms with Gasteiger partial charge < -0.3 is 14.8 Å². The largest absolute Gasteiger partial charge is 0.481 e. The molecule has 1 fully saturated rings. The van der Waals surface area contributed by atoms with Crippen molar-refractivity contribution in [3.63, 3.8) is 0 Å². The second-order valence-electron chi connectivity index (χ2n) is 4.24. The van der Waals surface area contributed by atoms with Crippen molar-refractivity contribution in [2.45, 2.75) is 6.92 Å². The van der Waals surface area contributed by atoms with E-state index in [9.17, 15) is 14.4 Å². The fourth-order valence-corrected chi connectivity index (χ4v) is 2.12. The molecule has 2 rings (SSSR count). The third-order valence-electron chi connectivity index (χ3n) is 2.64. The molecule has 0 unspecified atom stereocenters. The lowest BCUT2D eigenvalue weighted by atomic mass is 10.1. The Bertz CT molecular complexity index is 657. The minimum absolute atomic E-state index is 0.101. The van der Waals surface area contributed by atoms with E-state index in [4.69, 9.17) is 9.47 Å². The molecule has 1 saturated heterocycles. The molecule has 0 radical (unpaired) electrons. The van der Waals surface area contributed by atoms with Gasteiger partial charge in [0.15, 0.2) is 6.61 Å². The summed E-state index contributed by atoms with van der Waals surface area (Å²) in [5, 5.41) is 4.49. The predicted molar refractivity (Wildman–Crippen MR) is 80.9 cm³/mol. The normalized spacial score (nSPS) is 15.5. The summed E-state index contributed by atoms with van der Waals surface area (Å²) in [6.07, 6.45) is 1.46. The fourth-order valence-electron chi connectivity index (χ4n) is 1.74. The summed E-state index contributed by atoms with van der Waals surface area (Å²) in [7, 11) is 0. The van der Waals surface area contributed by atoms with Crippen LogP contribution >= 0.6 is 15.9 Å². The van der Waals surface area contributed by atoms with Crippen LogP contribution in [0.5, 0.6) is 5.75 Å². The van der Waals surface area contributed by atoms with Crippen molar-refractivity contribution in [1.29, 1.82) is 0 Å². The molecule has 0 saturated carbocycles. The number of hydrogen-bond donors (Lipinski definition) is 2. The van der Waals surface area contributed by atoms with Gasteiger partial charge in [0.25, 0.3) is 5.91 Å². The van der Waals surface area contributed by atoms with Gasteiger partial charge in [0.05, 0.1) is 6.61 Å². The van der Waals surface area contributed by atoms with Crippen LogP contribution in [0, 0.1) is 0 Å². The van der Waals surface area contributed by atoms with E-state index >= 15 is 0 Å². The molecule has 0 aromatic heterocycles. The number of esters is 1. The first-order valence-electron chi connectivity index (χ1n) is 6.41. The summed E-state index contributed by atoms with van der Waals surface area (Å²) in [5.74, 6) is -0.630. The first kappa shape index (κ1) is 16.0. The number of benzene rings is 1. The van der Waals surface area contributed by atoms with Crippen molar-refractivity contribution < 1.29 is 23.9 Å². The number of hydrogen-bond acceptors (Lipinski definition) is 5. The lowest BCUT2D eigenvalue weighted by molar-refractivity contribution is -0.145. The molecular weight excluding hydrogens is 356 g/mol. The van der Waals surface area contributed by atoms with Crippen LogP contribution in [0.25, 0.3) is 6.08 Å². The molecule has 0 atom stereocenters. The van der Waals surface area contributed by atoms with Crippen LogP contribution < -0.4 is 15.4 Å². The van der Waals surface area contributed by atoms with Gasteiger partial charge in [0, 0.05) is 10.0 Å². The van der Waals surface area contributed by atoms with Crippen LogP contribution in [0.3, 0.4) is 0 Å². The van der Waals surface area contributed by atoms with E-state index in [-0.39, 0.29) is 18.9 Å². The highest BCUT2D eigenvalue weighted by molar-refractivity contribution is 9.10. The zero-order valence-electron chi connectivity index (χ0n) is 11.6. The van der Waals surface area contributed by atoms with Gasteiger partial charge in [-0.25, -0.2) is 9.59 Å². The molecule has 7 nitrogen and oxygen atoms in total. The Kier molecular flexibility index (Phi) is 5.16. The summed E-state index contributed by atoms with van der Waals surface area (Å²) >= 11 is 3.31. The first-order chi connectivity index (χ1) is 10.5. The number of carbonyl (C=O) groups excluding carboxylic acids is 3. The van der Waals surface area contributed by atoms with Crippen molar-refractivity contribution in [2.24, 2.45) is 0 Å². The Labute approximate surface area is 134 Å². The molecule has 0 aliphatic carbocycles. The standard InChI is InChI=1S/C14H13BrN2O5/c1-2-21-12(18)7-22-11-4-3-9(15)5-8(11)6-10-13(19)17-14(20)16-10/h3-6H,2,7H2,1H3,(H2,16,17,19,20)/b10-6-. The molecule has 1 aromatic carbocycles. The van der Waals surface area contributed by atoms with E-state index in [1.807, 2.05) is 0 Å². The molecule has 0 bridgehead atoms. The van der Waals surface area contributed by atoms with Gasteiger partial charge in [0.1, 0.15) is 11.4 Å². The number of halogens is 1. The Morgan fingerprint density at radius 2 is 2.09 bits per heavy atom. The third kappa shape index (κ3) is 4.08. The van der Waals surface area contributed by atoms with Gasteiger partial charge in [0.2, 0.25) is 0 Å². The third-order valence-corrected chi connectivity index (χ3v) is 3.14. The lowest BCUT2D eigenvalue weighted by Gasteiger charge is -2.09. The molecule has 22 heavy (non-hydrogen) atoms. The number of nitrogens with one attached hydrogen (secondary N) is 2. The Hall–Kier alpha value is -2.35. The van der Waals surface area contributed by atoms with Gasteiger partial charge >= 0.3 is 12.0 Å². The summed E-state index contributed by atoms with van der Waals surface area (Å²) < 4.78 is 10.9. The second-order valence-corrected chi connectivity index (χ2v) is 5.16. The molecule has 3 amide bonds. The van der Waals surface area contributed by atoms with Gasteiger partial charge in [-0.1, -0.05) is 15.9 Å². The second kappa shape index (κ2) is 7.08. The van der Waals surface area contributed by atoms with Crippen molar-refractivity contribution in [3.8, 4) is 5.75 Å². The quantitative estimate of drug-likeness (QED) is 0.467. The van der Waals surface area contributed by atoms with Crippen molar-refractivity contribution >= 4 is 39.9 Å². The molecule has 1 heterocycles. The number of urea groups is 1. The van der Waals surface area contributed by atoms with Gasteiger partial charge in [-0.2, -0.15) is 0 Å². The van der Waals surface area contributed by atoms with Crippen LogP contribution in [0.1, 0.15) is 12.5 Å². The van der Waals surface area contributed by atoms with Crippen LogP contribution in [0.15, 0.2) is 28.4 Å². The van der Waals surface area contributed by atoms with Crippen molar-refractivity contribution in [1.82, 2.24) is 10.6 Å². The predicted octanol–water partition coefficient (Wildman–Crippen LogP) is 1.57. The molecule has 2 N–H and O–H groups in total. The first-order valence-corrected chi connectivity index (χ1v) is 7.21. The number of imide groups is 1. The maximum Gasteiger partial charge on any atom is 0.344 e. The Balaban J connectivity index is 2.21. The summed E-state index contributed by atoms with van der Waals surface area (Å²) in [5.41, 5.74) is 0.634. The van der Waals surface area contributed by atoms with Crippen molar-refractivity contribution in [2.75, 3.05) is 13.2 Å². The van der Waals surface area contributed by atoms with Gasteiger partial charge in [-0.15, -0.1) is 0 Å². The molecule has 8 heteroatoms. The number of amides is 3. The maximum atomic E-state index is 11.5. The van der Waals surface area contributed by atoms with Gasteiger partial charge in [-0.05, 0) is 31.2 Å². The maximum absolute atomic E-state index is 11.5. The minimum atomic E-state index is -0.583. The van der Waals surface area contributed by atoms with Gasteiger partial charge in [-0.3, -0.25) is 10.1 Å². The minimum Gasteiger partial charge on any atom is -0.481 e. The molecular formula is C14H13BrN2O5. The Morgan fingerprint density at radius 3 is 2.73 bits per heavy atom. The van der Waals surface area contributed by atoms with E-state index in [1.165, 1.54) is 6.08 Å². The topological polar surface area (TPSA) is 93.7 Å². The van der Waals surface area contributed by atoms with E-state index in [0.29, 0.717) is 11.3 Å². The highest BCUT2D eigenvalue weighted by atomic mass is 79.9. The van der Waals surface area contributed by atoms with Crippen LogP contribution in [0.2, 0.25) is 0 Å². The summed E-state index contributed by atoms with van der Waals surface area (Å²) in [6.45, 7) is 1.73. The molecule has 1 aromatic rings. The smallest absolute Gasteiger partial charge is 0.344 e. The van der Waals surface area contributed by atoms with Crippen LogP contribution in [-0.2, 0) is 14.3 Å².